The number of hydrogen-bond donors (Lipinski definition) is 1. The molecule has 18 heavy (non-hydrogen) atoms. The fraction of sp³-hybridized carbons (Fsp3) is 0.533. The van der Waals surface area contributed by atoms with E-state index in [-0.39, 0.29) is 5.78 Å². The lowest BCUT2D eigenvalue weighted by Crippen LogP contribution is -2.38. The highest BCUT2D eigenvalue weighted by Crippen LogP contribution is 2.33. The van der Waals surface area contributed by atoms with Crippen molar-refractivity contribution in [3.05, 3.63) is 34.9 Å². The Morgan fingerprint density at radius 1 is 1.28 bits per heavy atom. The van der Waals surface area contributed by atoms with E-state index in [4.69, 9.17) is 11.6 Å². The zero-order valence-corrected chi connectivity index (χ0v) is 11.1. The van der Waals surface area contributed by atoms with E-state index in [9.17, 15) is 4.79 Å². The van der Waals surface area contributed by atoms with E-state index in [1.807, 2.05) is 18.2 Å². The molecule has 0 radical (unpaired) electrons. The number of halogens is 1. The molecule has 96 valence electrons. The minimum Gasteiger partial charge on any atom is -0.311 e. The van der Waals surface area contributed by atoms with Gasteiger partial charge in [0.15, 0.2) is 5.78 Å². The lowest BCUT2D eigenvalue weighted by Gasteiger charge is -2.28. The maximum atomic E-state index is 12.2. The largest absolute Gasteiger partial charge is 0.311 e. The Hall–Kier alpha value is -0.860. The summed E-state index contributed by atoms with van der Waals surface area (Å²) < 4.78 is 0. The molecule has 0 amide bonds. The number of Topliss-reactive ketones (excluding diaryl/α,β-unsaturated/α-hetero) is 1. The molecule has 0 aliphatic carbocycles. The Bertz CT molecular complexity index is 448. The number of carbonyl (C=O) groups is 1. The number of nitrogens with one attached hydrogen (secondary N) is 1. The van der Waals surface area contributed by atoms with Crippen molar-refractivity contribution in [2.24, 2.45) is 5.92 Å². The smallest absolute Gasteiger partial charge is 0.163 e. The summed E-state index contributed by atoms with van der Waals surface area (Å²) in [6, 6.07) is 8.61. The van der Waals surface area contributed by atoms with Crippen molar-refractivity contribution in [3.63, 3.8) is 0 Å². The second kappa shape index (κ2) is 5.02. The molecular weight excluding hydrogens is 246 g/mol. The van der Waals surface area contributed by atoms with Crippen molar-refractivity contribution < 1.29 is 4.79 Å². The van der Waals surface area contributed by atoms with Gasteiger partial charge in [0.1, 0.15) is 0 Å². The van der Waals surface area contributed by atoms with Crippen LogP contribution in [0.25, 0.3) is 0 Å². The molecule has 3 heteroatoms. The highest BCUT2D eigenvalue weighted by Gasteiger charge is 2.34. The standard InChI is InChI=1S/C15H18ClNO/c16-12-3-1-2-11(9-12)15(18)8-10-6-13-4-5-14(7-10)17-13/h1-3,9-10,13-14,17H,4-8H2. The minimum atomic E-state index is 0.240. The van der Waals surface area contributed by atoms with Gasteiger partial charge in [0.2, 0.25) is 0 Å². The number of ketones is 1. The van der Waals surface area contributed by atoms with Gasteiger partial charge in [-0.2, -0.15) is 0 Å². The van der Waals surface area contributed by atoms with Crippen LogP contribution < -0.4 is 5.32 Å². The van der Waals surface area contributed by atoms with Gasteiger partial charge in [0.25, 0.3) is 0 Å². The van der Waals surface area contributed by atoms with Crippen LogP contribution >= 0.6 is 11.6 Å². The van der Waals surface area contributed by atoms with Gasteiger partial charge in [-0.3, -0.25) is 4.79 Å². The highest BCUT2D eigenvalue weighted by molar-refractivity contribution is 6.31. The lowest BCUT2D eigenvalue weighted by molar-refractivity contribution is 0.0945. The normalized spacial score (nSPS) is 30.4. The molecule has 2 nitrogen and oxygen atoms in total. The third-order valence-corrected chi connectivity index (χ3v) is 4.43. The van der Waals surface area contributed by atoms with Gasteiger partial charge in [-0.25, -0.2) is 0 Å². The lowest BCUT2D eigenvalue weighted by atomic mass is 9.87. The van der Waals surface area contributed by atoms with Crippen molar-refractivity contribution in [1.29, 1.82) is 0 Å². The highest BCUT2D eigenvalue weighted by atomic mass is 35.5. The van der Waals surface area contributed by atoms with Gasteiger partial charge in [0, 0.05) is 29.1 Å². The fourth-order valence-corrected chi connectivity index (χ4v) is 3.57. The minimum absolute atomic E-state index is 0.240. The average Bonchev–Trinajstić information content (AvgIpc) is 2.69. The molecule has 2 heterocycles. The first-order valence-electron chi connectivity index (χ1n) is 6.75. The van der Waals surface area contributed by atoms with Crippen molar-refractivity contribution in [1.82, 2.24) is 5.32 Å². The summed E-state index contributed by atoms with van der Waals surface area (Å²) in [5, 5.41) is 4.25. The van der Waals surface area contributed by atoms with Crippen molar-refractivity contribution in [3.8, 4) is 0 Å². The van der Waals surface area contributed by atoms with Crippen molar-refractivity contribution in [2.75, 3.05) is 0 Å². The van der Waals surface area contributed by atoms with E-state index in [0.29, 0.717) is 29.4 Å². The molecule has 1 aromatic carbocycles. The summed E-state index contributed by atoms with van der Waals surface area (Å²) in [4.78, 5) is 12.2. The second-order valence-electron chi connectivity index (χ2n) is 5.61. The van der Waals surface area contributed by atoms with Gasteiger partial charge in [-0.1, -0.05) is 23.7 Å². The SMILES string of the molecule is O=C(CC1CC2CCC(C1)N2)c1cccc(Cl)c1. The van der Waals surface area contributed by atoms with Gasteiger partial charge in [0.05, 0.1) is 0 Å². The Balaban J connectivity index is 1.64. The average molecular weight is 264 g/mol. The van der Waals surface area contributed by atoms with E-state index in [1.54, 1.807) is 6.07 Å². The van der Waals surface area contributed by atoms with Gasteiger partial charge in [-0.15, -0.1) is 0 Å². The van der Waals surface area contributed by atoms with Crippen LogP contribution in [0.15, 0.2) is 24.3 Å². The predicted octanol–water partition coefficient (Wildman–Crippen LogP) is 3.44. The van der Waals surface area contributed by atoms with Crippen LogP contribution in [0, 0.1) is 5.92 Å². The zero-order chi connectivity index (χ0) is 12.5. The van der Waals surface area contributed by atoms with E-state index in [2.05, 4.69) is 5.32 Å². The molecule has 2 atom stereocenters. The molecule has 0 saturated carbocycles. The first-order valence-corrected chi connectivity index (χ1v) is 7.13. The Kier molecular flexibility index (Phi) is 3.40. The fourth-order valence-electron chi connectivity index (χ4n) is 3.38. The van der Waals surface area contributed by atoms with Gasteiger partial charge >= 0.3 is 0 Å². The third kappa shape index (κ3) is 2.60. The number of benzene rings is 1. The number of hydrogen-bond acceptors (Lipinski definition) is 2. The van der Waals surface area contributed by atoms with E-state index < -0.39 is 0 Å². The molecule has 2 aliphatic heterocycles. The molecule has 2 unspecified atom stereocenters. The molecule has 2 saturated heterocycles. The third-order valence-electron chi connectivity index (χ3n) is 4.19. The van der Waals surface area contributed by atoms with E-state index in [0.717, 1.165) is 18.4 Å². The van der Waals surface area contributed by atoms with Gasteiger partial charge < -0.3 is 5.32 Å². The Labute approximate surface area is 113 Å². The molecular formula is C15H18ClNO. The van der Waals surface area contributed by atoms with Crippen LogP contribution in [0.1, 0.15) is 42.5 Å². The predicted molar refractivity (Wildman–Crippen MR) is 73.1 cm³/mol. The summed E-state index contributed by atoms with van der Waals surface area (Å²) in [6.07, 6.45) is 5.56. The second-order valence-corrected chi connectivity index (χ2v) is 6.05. The molecule has 3 rings (SSSR count). The summed E-state index contributed by atoms with van der Waals surface area (Å²) >= 11 is 5.93. The topological polar surface area (TPSA) is 29.1 Å². The first kappa shape index (κ1) is 12.2. The van der Waals surface area contributed by atoms with E-state index >= 15 is 0 Å². The monoisotopic (exact) mass is 263 g/mol. The molecule has 0 aromatic heterocycles. The Morgan fingerprint density at radius 2 is 2.00 bits per heavy atom. The Morgan fingerprint density at radius 3 is 2.67 bits per heavy atom. The van der Waals surface area contributed by atoms with Crippen LogP contribution in [0.3, 0.4) is 0 Å². The zero-order valence-electron chi connectivity index (χ0n) is 10.4. The first-order chi connectivity index (χ1) is 8.70. The summed E-state index contributed by atoms with van der Waals surface area (Å²) in [5.74, 6) is 0.791. The molecule has 0 spiro atoms. The summed E-state index contributed by atoms with van der Waals surface area (Å²) in [7, 11) is 0. The number of rotatable bonds is 3. The molecule has 1 aromatic rings. The van der Waals surface area contributed by atoms with Crippen LogP contribution in [0.5, 0.6) is 0 Å². The number of carbonyl (C=O) groups excluding carboxylic acids is 1. The summed E-state index contributed by atoms with van der Waals surface area (Å²) in [6.45, 7) is 0. The molecule has 2 aliphatic rings. The molecule has 1 N–H and O–H groups in total. The molecule has 2 bridgehead atoms. The van der Waals surface area contributed by atoms with Crippen molar-refractivity contribution >= 4 is 17.4 Å². The van der Waals surface area contributed by atoms with Crippen LogP contribution in [-0.2, 0) is 0 Å². The number of piperidine rings is 1. The van der Waals surface area contributed by atoms with Gasteiger partial charge in [-0.05, 0) is 43.7 Å². The van der Waals surface area contributed by atoms with Crippen LogP contribution in [0.4, 0.5) is 0 Å². The van der Waals surface area contributed by atoms with Crippen molar-refractivity contribution in [2.45, 2.75) is 44.2 Å². The summed E-state index contributed by atoms with van der Waals surface area (Å²) in [5.41, 5.74) is 0.758. The number of fused-ring (bicyclic) bond motifs is 2. The quantitative estimate of drug-likeness (QED) is 0.847. The molecule has 2 fully saturated rings. The maximum absolute atomic E-state index is 12.2. The van der Waals surface area contributed by atoms with E-state index in [1.165, 1.54) is 12.8 Å². The van der Waals surface area contributed by atoms with Crippen LogP contribution in [-0.4, -0.2) is 17.9 Å². The van der Waals surface area contributed by atoms with Crippen LogP contribution in [0.2, 0.25) is 5.02 Å². The maximum Gasteiger partial charge on any atom is 0.163 e.